The zero-order valence-electron chi connectivity index (χ0n) is 30.4. The van der Waals surface area contributed by atoms with E-state index in [0.717, 1.165) is 85.3 Å². The fraction of sp³-hybridized carbons (Fsp3) is 0.385. The number of anilines is 3. The van der Waals surface area contributed by atoms with Gasteiger partial charge >= 0.3 is 0 Å². The van der Waals surface area contributed by atoms with E-state index >= 15 is 0 Å². The first-order valence-corrected chi connectivity index (χ1v) is 17.4. The van der Waals surface area contributed by atoms with Crippen LogP contribution in [0.2, 0.25) is 0 Å². The number of rotatable bonds is 3. The van der Waals surface area contributed by atoms with Crippen molar-refractivity contribution < 1.29 is 74.6 Å². The molecule has 262 valence electrons. The van der Waals surface area contributed by atoms with Crippen molar-refractivity contribution in [2.45, 2.75) is 60.0 Å². The number of benzene rings is 2. The molecule has 0 amide bonds. The van der Waals surface area contributed by atoms with Gasteiger partial charge in [-0.3, -0.25) is 0 Å². The third-order valence-corrected chi connectivity index (χ3v) is 9.18. The van der Waals surface area contributed by atoms with Crippen LogP contribution in [-0.2, 0) is 71.8 Å². The third-order valence-electron chi connectivity index (χ3n) is 8.96. The summed E-state index contributed by atoms with van der Waals surface area (Å²) < 4.78 is 11.2. The molecule has 3 aromatic heterocycles. The number of oxazole rings is 1. The van der Waals surface area contributed by atoms with Crippen molar-refractivity contribution in [1.82, 2.24) is 20.3 Å². The summed E-state index contributed by atoms with van der Waals surface area (Å²) in [5.74, 6) is 3.09. The molecule has 0 saturated carbocycles. The molecule has 9 nitrogen and oxygen atoms in total. The zero-order valence-corrected chi connectivity index (χ0v) is 36.9. The van der Waals surface area contributed by atoms with E-state index in [1.807, 2.05) is 56.6 Å². The van der Waals surface area contributed by atoms with Crippen LogP contribution in [0, 0.1) is 39.8 Å². The average molecular weight is 854 g/mol. The number of fused-ring (bicyclic) bond motifs is 2. The van der Waals surface area contributed by atoms with E-state index in [4.69, 9.17) is 21.4 Å². The summed E-state index contributed by atoms with van der Waals surface area (Å²) in [6, 6.07) is 23.8. The Balaban J connectivity index is 0.000000184. The summed E-state index contributed by atoms with van der Waals surface area (Å²) in [4.78, 5) is 20.6. The Bertz CT molecular complexity index is 1920. The maximum absolute atomic E-state index is 5.95. The molecule has 2 fully saturated rings. The first-order valence-electron chi connectivity index (χ1n) is 17.0. The van der Waals surface area contributed by atoms with Crippen molar-refractivity contribution in [3.63, 3.8) is 0 Å². The number of nitrogens with one attached hydrogen (secondary N) is 1. The number of aryl methyl sites for hydroxylation is 4. The summed E-state index contributed by atoms with van der Waals surface area (Å²) in [7, 11) is 0. The van der Waals surface area contributed by atoms with Gasteiger partial charge < -0.3 is 29.2 Å². The molecule has 1 N–H and O–H groups in total. The SMILES string of the molecule is Cc1[c-]cc2c(c1)CC(=S)O2.Cc1[c-]cc2oc(N3CCN(c4ncccc4C)CC3C)nc2c1.Cc1cccnc1N1CCNC(C)C1.[Y].[Y]. The van der Waals surface area contributed by atoms with Crippen molar-refractivity contribution in [3.05, 3.63) is 101 Å². The number of piperazine rings is 2. The largest absolute Gasteiger partial charge is 0.511 e. The topological polar surface area (TPSA) is 82.8 Å². The Morgan fingerprint density at radius 1 is 0.843 bits per heavy atom. The van der Waals surface area contributed by atoms with Gasteiger partial charge in [-0.1, -0.05) is 26.0 Å². The minimum absolute atomic E-state index is 0. The van der Waals surface area contributed by atoms with Crippen LogP contribution < -0.4 is 24.8 Å². The van der Waals surface area contributed by atoms with Crippen LogP contribution in [-0.4, -0.2) is 71.4 Å². The quantitative estimate of drug-likeness (QED) is 0.159. The van der Waals surface area contributed by atoms with Crippen LogP contribution in [0.5, 0.6) is 5.75 Å². The van der Waals surface area contributed by atoms with Crippen LogP contribution in [0.15, 0.2) is 65.3 Å². The molecule has 2 saturated heterocycles. The van der Waals surface area contributed by atoms with E-state index in [1.165, 1.54) is 16.7 Å². The molecule has 12 heteroatoms. The number of ether oxygens (including phenoxy) is 1. The second kappa shape index (κ2) is 19.1. The molecule has 2 aromatic carbocycles. The number of hydrogen-bond donors (Lipinski definition) is 1. The van der Waals surface area contributed by atoms with Crippen LogP contribution in [0.3, 0.4) is 0 Å². The molecule has 0 aliphatic carbocycles. The maximum Gasteiger partial charge on any atom is 0.284 e. The van der Waals surface area contributed by atoms with Crippen molar-refractivity contribution in [3.8, 4) is 5.75 Å². The van der Waals surface area contributed by atoms with E-state index < -0.39 is 0 Å². The van der Waals surface area contributed by atoms with Gasteiger partial charge in [0.25, 0.3) is 6.01 Å². The van der Waals surface area contributed by atoms with Crippen LogP contribution in [0.1, 0.15) is 41.7 Å². The normalized spacial score (nSPS) is 17.9. The molecular formula is C39H45N7O2SY2-2. The number of hydrogen-bond acceptors (Lipinski definition) is 10. The Morgan fingerprint density at radius 3 is 2.14 bits per heavy atom. The van der Waals surface area contributed by atoms with Crippen LogP contribution >= 0.6 is 12.2 Å². The monoisotopic (exact) mass is 853 g/mol. The fourth-order valence-corrected chi connectivity index (χ4v) is 6.70. The van der Waals surface area contributed by atoms with Crippen molar-refractivity contribution in [1.29, 1.82) is 0 Å². The first kappa shape index (κ1) is 41.4. The van der Waals surface area contributed by atoms with E-state index in [0.29, 0.717) is 23.1 Å². The molecule has 51 heavy (non-hydrogen) atoms. The standard InChI is InChI=1S/C19H21N4O.C11H17N3.C9H7OS.2Y/c1-13-6-7-17-16(11-13)21-19(24-17)23-10-9-22(12-15(23)3)18-14(2)5-4-8-20-18;1-9-4-3-5-13-11(9)14-7-6-12-10(2)8-14;1-6-2-3-8-7(4-6)5-9(11)10-8;;/h4-5,7-8,11,15H,9-10,12H2,1-3H3;3-5,10,12H,6-8H2,1-2H3;3-4H,5H2,1H3;;/q-1;;-1;;. The van der Waals surface area contributed by atoms with E-state index in [-0.39, 0.29) is 65.4 Å². The first-order chi connectivity index (χ1) is 23.6. The minimum atomic E-state index is 0. The van der Waals surface area contributed by atoms with Gasteiger partial charge in [0.15, 0.2) is 5.05 Å². The number of nitrogens with zero attached hydrogens (tertiary/aromatic N) is 6. The molecule has 6 heterocycles. The van der Waals surface area contributed by atoms with Crippen molar-refractivity contribution >= 4 is 46.0 Å². The van der Waals surface area contributed by atoms with Crippen LogP contribution in [0.4, 0.5) is 17.7 Å². The third kappa shape index (κ3) is 10.6. The van der Waals surface area contributed by atoms with Gasteiger partial charge in [0.05, 0.1) is 0 Å². The second-order valence-corrected chi connectivity index (χ2v) is 13.6. The number of aromatic nitrogens is 3. The average Bonchev–Trinajstić information content (AvgIpc) is 3.67. The summed E-state index contributed by atoms with van der Waals surface area (Å²) in [6.07, 6.45) is 4.51. The summed E-state index contributed by atoms with van der Waals surface area (Å²) in [5, 5.41) is 4.10. The van der Waals surface area contributed by atoms with Gasteiger partial charge in [-0.2, -0.15) is 29.3 Å². The van der Waals surface area contributed by atoms with Crippen molar-refractivity contribution in [2.24, 2.45) is 0 Å². The second-order valence-electron chi connectivity index (χ2n) is 13.1. The van der Waals surface area contributed by atoms with E-state index in [1.54, 1.807) is 0 Å². The molecule has 2 radical (unpaired) electrons. The van der Waals surface area contributed by atoms with Gasteiger partial charge in [-0.25, -0.2) is 15.0 Å². The summed E-state index contributed by atoms with van der Waals surface area (Å²) in [5.41, 5.74) is 7.57. The predicted octanol–water partition coefficient (Wildman–Crippen LogP) is 6.60. The molecule has 2 atom stereocenters. The van der Waals surface area contributed by atoms with Gasteiger partial charge in [-0.15, -0.1) is 23.8 Å². The Labute approximate surface area is 358 Å². The maximum atomic E-state index is 5.95. The molecule has 5 aromatic rings. The molecular weight excluding hydrogens is 808 g/mol. The Kier molecular flexibility index (Phi) is 15.5. The van der Waals surface area contributed by atoms with E-state index in [2.05, 4.69) is 93.0 Å². The number of thiocarbonyl (C=S) groups is 1. The molecule has 0 bridgehead atoms. The number of pyridine rings is 2. The fourth-order valence-electron chi connectivity index (χ4n) is 6.46. The van der Waals surface area contributed by atoms with Gasteiger partial charge in [0, 0.05) is 152 Å². The molecule has 8 rings (SSSR count). The van der Waals surface area contributed by atoms with Crippen LogP contribution in [0.25, 0.3) is 11.1 Å². The smallest absolute Gasteiger partial charge is 0.284 e. The Hall–Kier alpha value is -2.33. The molecule has 3 aliphatic heterocycles. The van der Waals surface area contributed by atoms with Gasteiger partial charge in [-0.05, 0) is 63.2 Å². The van der Waals surface area contributed by atoms with Gasteiger partial charge in [0.1, 0.15) is 11.6 Å². The summed E-state index contributed by atoms with van der Waals surface area (Å²) >= 11 is 4.93. The zero-order chi connectivity index (χ0) is 34.5. The molecule has 2 unspecified atom stereocenters. The van der Waals surface area contributed by atoms with Gasteiger partial charge in [0.2, 0.25) is 0 Å². The molecule has 0 spiro atoms. The predicted molar refractivity (Wildman–Crippen MR) is 201 cm³/mol. The van der Waals surface area contributed by atoms with Crippen molar-refractivity contribution in [2.75, 3.05) is 54.0 Å². The molecule has 3 aliphatic rings. The Morgan fingerprint density at radius 2 is 1.49 bits per heavy atom. The van der Waals surface area contributed by atoms with E-state index in [9.17, 15) is 0 Å². The summed E-state index contributed by atoms with van der Waals surface area (Å²) in [6.45, 7) is 18.5. The minimum Gasteiger partial charge on any atom is -0.511 e.